The zero-order chi connectivity index (χ0) is 12.6. The van der Waals surface area contributed by atoms with Crippen molar-refractivity contribution in [3.63, 3.8) is 0 Å². The quantitative estimate of drug-likeness (QED) is 0.177. The van der Waals surface area contributed by atoms with E-state index in [9.17, 15) is 9.59 Å². The van der Waals surface area contributed by atoms with E-state index in [1.54, 1.807) is 0 Å². The van der Waals surface area contributed by atoms with Gasteiger partial charge in [-0.3, -0.25) is 5.32 Å². The van der Waals surface area contributed by atoms with E-state index in [0.29, 0.717) is 0 Å². The molecule has 0 bridgehead atoms. The lowest BCUT2D eigenvalue weighted by molar-refractivity contribution is -0.167. The van der Waals surface area contributed by atoms with Crippen LogP contribution < -0.4 is 10.8 Å². The van der Waals surface area contributed by atoms with Gasteiger partial charge in [-0.15, -0.1) is 0 Å². The molecule has 1 atom stereocenters. The monoisotopic (exact) mass is 236 g/mol. The molecule has 8 nitrogen and oxygen atoms in total. The number of hydroxylamine groups is 1. The molecule has 0 amide bonds. The summed E-state index contributed by atoms with van der Waals surface area (Å²) in [5.74, 6) is -2.47. The Morgan fingerprint density at radius 3 is 2.25 bits per heavy atom. The molecule has 0 radical (unpaired) electrons. The van der Waals surface area contributed by atoms with Crippen molar-refractivity contribution in [2.24, 2.45) is 0 Å². The Labute approximate surface area is 92.2 Å². The first kappa shape index (κ1) is 14.8. The summed E-state index contributed by atoms with van der Waals surface area (Å²) in [6, 6.07) is 0. The molecule has 94 valence electrons. The maximum absolute atomic E-state index is 11.4. The van der Waals surface area contributed by atoms with Crippen LogP contribution in [0.5, 0.6) is 0 Å². The van der Waals surface area contributed by atoms with Gasteiger partial charge in [0.05, 0.1) is 19.8 Å². The molecule has 0 heterocycles. The Balaban J connectivity index is 4.39. The molecule has 0 aliphatic rings. The van der Waals surface area contributed by atoms with Crippen molar-refractivity contribution in [2.45, 2.75) is 12.5 Å². The van der Waals surface area contributed by atoms with Crippen molar-refractivity contribution in [2.75, 3.05) is 26.3 Å². The second-order valence-corrected chi connectivity index (χ2v) is 3.09. The lowest BCUT2D eigenvalue weighted by Crippen LogP contribution is -2.58. The Bertz CT molecular complexity index is 247. The number of carboxylic acid groups (broad SMARTS) is 1. The second kappa shape index (κ2) is 7.12. The van der Waals surface area contributed by atoms with Crippen LogP contribution in [-0.2, 0) is 14.4 Å². The predicted molar refractivity (Wildman–Crippen MR) is 52.3 cm³/mol. The molecule has 0 rings (SSSR count). The Hall–Kier alpha value is -1.22. The number of nitrogens with one attached hydrogen (secondary N) is 2. The van der Waals surface area contributed by atoms with Gasteiger partial charge in [0.25, 0.3) is 0 Å². The van der Waals surface area contributed by atoms with Gasteiger partial charge in [-0.2, -0.15) is 5.48 Å². The average molecular weight is 236 g/mol. The smallest absolute Gasteiger partial charge is 0.356 e. The number of aliphatic carboxylic acids is 1. The number of rotatable bonds is 8. The first-order valence-electron chi connectivity index (χ1n) is 4.63. The van der Waals surface area contributed by atoms with Crippen molar-refractivity contribution < 1.29 is 29.7 Å². The fourth-order valence-electron chi connectivity index (χ4n) is 0.805. The molecule has 16 heavy (non-hydrogen) atoms. The highest BCUT2D eigenvalue weighted by atomic mass is 16.7. The molecule has 0 aromatic rings. The van der Waals surface area contributed by atoms with Crippen molar-refractivity contribution in [1.29, 1.82) is 0 Å². The van der Waals surface area contributed by atoms with Gasteiger partial charge in [0.2, 0.25) is 5.54 Å². The third-order valence-electron chi connectivity index (χ3n) is 1.81. The number of carboxylic acids is 1. The number of β-amino-alcohol motifs (C(OH)–C–C–N with tert-alkyl or cyclic N) is 1. The average Bonchev–Trinajstić information content (AvgIpc) is 2.25. The van der Waals surface area contributed by atoms with Crippen molar-refractivity contribution in [1.82, 2.24) is 10.8 Å². The van der Waals surface area contributed by atoms with Gasteiger partial charge >= 0.3 is 11.9 Å². The maximum Gasteiger partial charge on any atom is 0.356 e. The van der Waals surface area contributed by atoms with E-state index < -0.39 is 17.5 Å². The zero-order valence-electron chi connectivity index (χ0n) is 8.89. The van der Waals surface area contributed by atoms with Gasteiger partial charge in [-0.05, 0) is 6.92 Å². The van der Waals surface area contributed by atoms with Gasteiger partial charge in [-0.1, -0.05) is 0 Å². The maximum atomic E-state index is 11.4. The minimum absolute atomic E-state index is 0.00143. The van der Waals surface area contributed by atoms with Crippen LogP contribution in [0.3, 0.4) is 0 Å². The minimum atomic E-state index is -1.94. The van der Waals surface area contributed by atoms with E-state index in [1.165, 1.54) is 0 Å². The summed E-state index contributed by atoms with van der Waals surface area (Å²) in [4.78, 5) is 26.7. The van der Waals surface area contributed by atoms with Gasteiger partial charge in [0, 0.05) is 6.54 Å². The third kappa shape index (κ3) is 4.11. The van der Waals surface area contributed by atoms with Gasteiger partial charge < -0.3 is 20.2 Å². The number of aliphatic hydroxyl groups is 2. The largest absolute Gasteiger partial charge is 0.479 e. The lowest BCUT2D eigenvalue weighted by atomic mass is 10.0. The first-order valence-corrected chi connectivity index (χ1v) is 4.63. The van der Waals surface area contributed by atoms with Crippen LogP contribution in [-0.4, -0.2) is 59.1 Å². The molecule has 0 aromatic carbocycles. The van der Waals surface area contributed by atoms with E-state index in [0.717, 1.165) is 6.92 Å². The summed E-state index contributed by atoms with van der Waals surface area (Å²) >= 11 is 0. The highest BCUT2D eigenvalue weighted by Gasteiger charge is 2.42. The van der Waals surface area contributed by atoms with Crippen LogP contribution in [0.15, 0.2) is 0 Å². The molecule has 0 fully saturated rings. The number of carbonyl (C=O) groups excluding carboxylic acids is 1. The van der Waals surface area contributed by atoms with Crippen LogP contribution in [0.1, 0.15) is 6.92 Å². The van der Waals surface area contributed by atoms with Crippen molar-refractivity contribution in [3.05, 3.63) is 0 Å². The normalized spacial score (nSPS) is 14.2. The van der Waals surface area contributed by atoms with E-state index in [-0.39, 0.29) is 26.3 Å². The molecule has 0 aliphatic heterocycles. The Kier molecular flexibility index (Phi) is 6.58. The van der Waals surface area contributed by atoms with E-state index in [4.69, 9.17) is 15.3 Å². The SMILES string of the molecule is CC(NCCO)(C(=O)O)C(=O)ONCCO. The topological polar surface area (TPSA) is 128 Å². The zero-order valence-corrected chi connectivity index (χ0v) is 8.89. The number of hydrogen-bond donors (Lipinski definition) is 5. The molecule has 1 unspecified atom stereocenters. The number of aliphatic hydroxyl groups excluding tert-OH is 2. The summed E-state index contributed by atoms with van der Waals surface area (Å²) in [6.07, 6.45) is 0. The first-order chi connectivity index (χ1) is 7.49. The standard InChI is InChI=1S/C8H16N2O6/c1-8(6(13)14,9-2-4-11)7(15)16-10-3-5-12/h9-12H,2-5H2,1H3,(H,13,14). The summed E-state index contributed by atoms with van der Waals surface area (Å²) in [5, 5.41) is 28.2. The minimum Gasteiger partial charge on any atom is -0.479 e. The van der Waals surface area contributed by atoms with E-state index >= 15 is 0 Å². The summed E-state index contributed by atoms with van der Waals surface area (Å²) in [5.41, 5.74) is 0.167. The van der Waals surface area contributed by atoms with Crippen LogP contribution >= 0.6 is 0 Å². The van der Waals surface area contributed by atoms with Gasteiger partial charge in [0.1, 0.15) is 0 Å². The van der Waals surface area contributed by atoms with Crippen LogP contribution in [0, 0.1) is 0 Å². The van der Waals surface area contributed by atoms with Crippen LogP contribution in [0.25, 0.3) is 0 Å². The van der Waals surface area contributed by atoms with Crippen molar-refractivity contribution >= 4 is 11.9 Å². The van der Waals surface area contributed by atoms with Gasteiger partial charge in [-0.25, -0.2) is 9.59 Å². The molecule has 8 heteroatoms. The summed E-state index contributed by atoms with van der Waals surface area (Å²) in [7, 11) is 0. The molecule has 5 N–H and O–H groups in total. The number of hydrogen-bond acceptors (Lipinski definition) is 7. The highest BCUT2D eigenvalue weighted by Crippen LogP contribution is 2.05. The van der Waals surface area contributed by atoms with E-state index in [2.05, 4.69) is 15.6 Å². The Morgan fingerprint density at radius 1 is 1.25 bits per heavy atom. The Morgan fingerprint density at radius 2 is 1.81 bits per heavy atom. The van der Waals surface area contributed by atoms with Gasteiger partial charge in [0.15, 0.2) is 0 Å². The fourth-order valence-corrected chi connectivity index (χ4v) is 0.805. The highest BCUT2D eigenvalue weighted by molar-refractivity contribution is 6.03. The molecule has 0 saturated carbocycles. The molecule has 0 spiro atoms. The summed E-state index contributed by atoms with van der Waals surface area (Å²) in [6.45, 7) is 0.509. The second-order valence-electron chi connectivity index (χ2n) is 3.09. The lowest BCUT2D eigenvalue weighted by Gasteiger charge is -2.23. The molecule has 0 aromatic heterocycles. The molecular formula is C8H16N2O6. The van der Waals surface area contributed by atoms with E-state index in [1.807, 2.05) is 0 Å². The predicted octanol–water partition coefficient (Wildman–Crippen LogP) is -2.55. The van der Waals surface area contributed by atoms with Crippen LogP contribution in [0.4, 0.5) is 0 Å². The third-order valence-corrected chi connectivity index (χ3v) is 1.81. The molecular weight excluding hydrogens is 220 g/mol. The molecule has 0 aliphatic carbocycles. The fraction of sp³-hybridized carbons (Fsp3) is 0.750. The van der Waals surface area contributed by atoms with Crippen LogP contribution in [0.2, 0.25) is 0 Å². The number of carbonyl (C=O) groups is 2. The summed E-state index contributed by atoms with van der Waals surface area (Å²) < 4.78 is 0. The van der Waals surface area contributed by atoms with Crippen molar-refractivity contribution in [3.8, 4) is 0 Å². The molecule has 0 saturated heterocycles.